The fourth-order valence-corrected chi connectivity index (χ4v) is 2.17. The molecule has 1 aliphatic heterocycles. The number of hydrogen-bond acceptors (Lipinski definition) is 5. The molecule has 1 aromatic rings. The Labute approximate surface area is 95.8 Å². The highest BCUT2D eigenvalue weighted by Gasteiger charge is 2.28. The first kappa shape index (κ1) is 11.5. The highest BCUT2D eigenvalue weighted by Crippen LogP contribution is 2.23. The van der Waals surface area contributed by atoms with Crippen molar-refractivity contribution in [3.63, 3.8) is 0 Å². The zero-order chi connectivity index (χ0) is 11.7. The number of aromatic nitrogens is 2. The third-order valence-electron chi connectivity index (χ3n) is 2.89. The standard InChI is InChI=1S/C11H19N3O2/c1-7-5-14(6-8(2)15-7)9(3)11-13-12-10(4)16-11/h7-9H,5-6H2,1-4H3/t7-,8+,9-/m1/s1. The topological polar surface area (TPSA) is 51.4 Å². The van der Waals surface area contributed by atoms with Crippen molar-refractivity contribution in [2.75, 3.05) is 13.1 Å². The zero-order valence-electron chi connectivity index (χ0n) is 10.3. The molecule has 1 aromatic heterocycles. The highest BCUT2D eigenvalue weighted by molar-refractivity contribution is 4.90. The van der Waals surface area contributed by atoms with Crippen molar-refractivity contribution in [2.24, 2.45) is 0 Å². The first-order chi connectivity index (χ1) is 7.56. The van der Waals surface area contributed by atoms with Crippen molar-refractivity contribution in [1.82, 2.24) is 15.1 Å². The normalized spacial score (nSPS) is 29.2. The molecule has 0 aromatic carbocycles. The Bertz CT molecular complexity index is 343. The maximum Gasteiger partial charge on any atom is 0.233 e. The molecule has 0 amide bonds. The van der Waals surface area contributed by atoms with Gasteiger partial charge in [0.2, 0.25) is 11.8 Å². The fourth-order valence-electron chi connectivity index (χ4n) is 2.17. The molecule has 0 aliphatic carbocycles. The van der Waals surface area contributed by atoms with Gasteiger partial charge in [-0.05, 0) is 20.8 Å². The third-order valence-corrected chi connectivity index (χ3v) is 2.89. The van der Waals surface area contributed by atoms with Gasteiger partial charge in [-0.1, -0.05) is 0 Å². The molecular formula is C11H19N3O2. The van der Waals surface area contributed by atoms with Gasteiger partial charge in [0.25, 0.3) is 0 Å². The van der Waals surface area contributed by atoms with E-state index in [9.17, 15) is 0 Å². The molecule has 2 heterocycles. The predicted octanol–water partition coefficient (Wildman–Crippen LogP) is 1.55. The van der Waals surface area contributed by atoms with Crippen LogP contribution in [0.5, 0.6) is 0 Å². The second-order valence-electron chi connectivity index (χ2n) is 4.55. The van der Waals surface area contributed by atoms with Crippen molar-refractivity contribution < 1.29 is 9.15 Å². The second-order valence-corrected chi connectivity index (χ2v) is 4.55. The van der Waals surface area contributed by atoms with Crippen LogP contribution in [0.25, 0.3) is 0 Å². The van der Waals surface area contributed by atoms with E-state index in [2.05, 4.69) is 35.9 Å². The molecule has 0 radical (unpaired) electrons. The van der Waals surface area contributed by atoms with Gasteiger partial charge in [-0.3, -0.25) is 4.90 Å². The van der Waals surface area contributed by atoms with Crippen LogP contribution in [0, 0.1) is 6.92 Å². The van der Waals surface area contributed by atoms with E-state index < -0.39 is 0 Å². The first-order valence-corrected chi connectivity index (χ1v) is 5.75. The quantitative estimate of drug-likeness (QED) is 0.764. The Morgan fingerprint density at radius 2 is 1.88 bits per heavy atom. The summed E-state index contributed by atoms with van der Waals surface area (Å²) < 4.78 is 11.2. The molecule has 2 rings (SSSR count). The van der Waals surface area contributed by atoms with Crippen LogP contribution in [0.2, 0.25) is 0 Å². The molecule has 0 spiro atoms. The summed E-state index contributed by atoms with van der Waals surface area (Å²) in [7, 11) is 0. The van der Waals surface area contributed by atoms with Gasteiger partial charge >= 0.3 is 0 Å². The number of nitrogens with zero attached hydrogens (tertiary/aromatic N) is 3. The van der Waals surface area contributed by atoms with Crippen molar-refractivity contribution in [2.45, 2.75) is 45.9 Å². The van der Waals surface area contributed by atoms with Crippen molar-refractivity contribution in [3.05, 3.63) is 11.8 Å². The van der Waals surface area contributed by atoms with Gasteiger partial charge in [-0.2, -0.15) is 0 Å². The summed E-state index contributed by atoms with van der Waals surface area (Å²) in [5.74, 6) is 1.31. The van der Waals surface area contributed by atoms with E-state index in [-0.39, 0.29) is 18.2 Å². The molecule has 0 bridgehead atoms. The van der Waals surface area contributed by atoms with Crippen LogP contribution in [0.4, 0.5) is 0 Å². The van der Waals surface area contributed by atoms with Crippen LogP contribution in [0.1, 0.15) is 38.6 Å². The minimum absolute atomic E-state index is 0.162. The molecule has 16 heavy (non-hydrogen) atoms. The minimum atomic E-state index is 0.162. The van der Waals surface area contributed by atoms with E-state index >= 15 is 0 Å². The average molecular weight is 225 g/mol. The number of aryl methyl sites for hydroxylation is 1. The monoisotopic (exact) mass is 225 g/mol. The zero-order valence-corrected chi connectivity index (χ0v) is 10.3. The van der Waals surface area contributed by atoms with Crippen molar-refractivity contribution in [1.29, 1.82) is 0 Å². The Balaban J connectivity index is 2.06. The number of rotatable bonds is 2. The van der Waals surface area contributed by atoms with Crippen molar-refractivity contribution >= 4 is 0 Å². The van der Waals surface area contributed by atoms with Crippen LogP contribution in [-0.2, 0) is 4.74 Å². The van der Waals surface area contributed by atoms with E-state index in [1.807, 2.05) is 6.92 Å². The Morgan fingerprint density at radius 3 is 2.38 bits per heavy atom. The van der Waals surface area contributed by atoms with Crippen molar-refractivity contribution in [3.8, 4) is 0 Å². The molecule has 0 N–H and O–H groups in total. The van der Waals surface area contributed by atoms with Gasteiger partial charge < -0.3 is 9.15 Å². The smallest absolute Gasteiger partial charge is 0.233 e. The van der Waals surface area contributed by atoms with E-state index in [1.165, 1.54) is 0 Å². The Hall–Kier alpha value is -0.940. The molecule has 1 fully saturated rings. The largest absolute Gasteiger partial charge is 0.424 e. The van der Waals surface area contributed by atoms with Crippen LogP contribution >= 0.6 is 0 Å². The molecule has 90 valence electrons. The van der Waals surface area contributed by atoms with Gasteiger partial charge in [0, 0.05) is 20.0 Å². The number of ether oxygens (including phenoxy) is 1. The lowest BCUT2D eigenvalue weighted by atomic mass is 10.2. The Kier molecular flexibility index (Phi) is 3.25. The van der Waals surface area contributed by atoms with E-state index in [0.717, 1.165) is 13.1 Å². The third kappa shape index (κ3) is 2.41. The molecule has 1 aliphatic rings. The maximum atomic E-state index is 5.70. The van der Waals surface area contributed by atoms with Crippen LogP contribution in [-0.4, -0.2) is 40.4 Å². The number of morpholine rings is 1. The second kappa shape index (κ2) is 4.51. The average Bonchev–Trinajstić information content (AvgIpc) is 2.62. The minimum Gasteiger partial charge on any atom is -0.424 e. The molecule has 0 saturated carbocycles. The summed E-state index contributed by atoms with van der Waals surface area (Å²) in [6.07, 6.45) is 0.519. The lowest BCUT2D eigenvalue weighted by Gasteiger charge is -2.37. The van der Waals surface area contributed by atoms with Gasteiger partial charge in [-0.15, -0.1) is 10.2 Å². The predicted molar refractivity (Wildman–Crippen MR) is 59.0 cm³/mol. The molecule has 3 atom stereocenters. The SMILES string of the molecule is Cc1nnc([C@@H](C)N2C[C@@H](C)O[C@@H](C)C2)o1. The first-order valence-electron chi connectivity index (χ1n) is 5.75. The molecule has 5 nitrogen and oxygen atoms in total. The lowest BCUT2D eigenvalue weighted by Crippen LogP contribution is -2.46. The summed E-state index contributed by atoms with van der Waals surface area (Å²) in [6.45, 7) is 9.91. The summed E-state index contributed by atoms with van der Waals surface area (Å²) in [4.78, 5) is 2.33. The maximum absolute atomic E-state index is 5.70. The van der Waals surface area contributed by atoms with E-state index in [0.29, 0.717) is 11.8 Å². The lowest BCUT2D eigenvalue weighted by molar-refractivity contribution is -0.0814. The van der Waals surface area contributed by atoms with Crippen LogP contribution < -0.4 is 0 Å². The Morgan fingerprint density at radius 1 is 1.25 bits per heavy atom. The number of hydrogen-bond donors (Lipinski definition) is 0. The van der Waals surface area contributed by atoms with Crippen LogP contribution in [0.3, 0.4) is 0 Å². The highest BCUT2D eigenvalue weighted by atomic mass is 16.5. The van der Waals surface area contributed by atoms with E-state index in [1.54, 1.807) is 0 Å². The van der Waals surface area contributed by atoms with E-state index in [4.69, 9.17) is 9.15 Å². The summed E-state index contributed by atoms with van der Waals surface area (Å²) in [6, 6.07) is 0.162. The molecule has 1 saturated heterocycles. The van der Waals surface area contributed by atoms with Gasteiger partial charge in [0.1, 0.15) is 0 Å². The summed E-state index contributed by atoms with van der Waals surface area (Å²) in [5, 5.41) is 7.94. The fraction of sp³-hybridized carbons (Fsp3) is 0.818. The van der Waals surface area contributed by atoms with Gasteiger partial charge in [0.05, 0.1) is 18.2 Å². The molecule has 5 heteroatoms. The molecular weight excluding hydrogens is 206 g/mol. The van der Waals surface area contributed by atoms with Gasteiger partial charge in [0.15, 0.2) is 0 Å². The summed E-state index contributed by atoms with van der Waals surface area (Å²) >= 11 is 0. The summed E-state index contributed by atoms with van der Waals surface area (Å²) in [5.41, 5.74) is 0. The van der Waals surface area contributed by atoms with Gasteiger partial charge in [-0.25, -0.2) is 0 Å². The van der Waals surface area contributed by atoms with Crippen LogP contribution in [0.15, 0.2) is 4.42 Å². The molecule has 0 unspecified atom stereocenters.